The maximum atomic E-state index is 11.3. The molecule has 0 aliphatic heterocycles. The maximum Gasteiger partial charge on any atom is 0.495 e. The summed E-state index contributed by atoms with van der Waals surface area (Å²) in [7, 11) is -1.67. The second kappa shape index (κ2) is 5.20. The quantitative estimate of drug-likeness (QED) is 0.547. The molecular weight excluding hydrogens is 251 g/mol. The molecule has 0 saturated carbocycles. The highest BCUT2D eigenvalue weighted by Gasteiger charge is 2.50. The Hall–Kier alpha value is -1.57. The van der Waals surface area contributed by atoms with Crippen LogP contribution in [0.5, 0.6) is 5.75 Å². The standard InChI is InChI=1S/C12H17BO6/c1-11(2,17)12(3,10(15)16)19-13(18)8-6-4-5-7-9(8)14/h4-7,14,17-18H,1-3H3,(H,15,16). The van der Waals surface area contributed by atoms with Crippen molar-refractivity contribution in [3.8, 4) is 5.75 Å². The Morgan fingerprint density at radius 2 is 1.79 bits per heavy atom. The average molecular weight is 268 g/mol. The SMILES string of the molecule is CC(C)(O)C(C)(OB(O)c1ccccc1O)C(=O)O. The lowest BCUT2D eigenvalue weighted by Gasteiger charge is -2.37. The van der Waals surface area contributed by atoms with Gasteiger partial charge in [0.2, 0.25) is 0 Å². The van der Waals surface area contributed by atoms with Gasteiger partial charge in [-0.05, 0) is 26.8 Å². The van der Waals surface area contributed by atoms with Crippen molar-refractivity contribution in [1.82, 2.24) is 0 Å². The molecule has 7 heteroatoms. The van der Waals surface area contributed by atoms with Crippen LogP contribution in [-0.4, -0.2) is 44.6 Å². The van der Waals surface area contributed by atoms with Gasteiger partial charge in [-0.1, -0.05) is 18.2 Å². The number of aliphatic carboxylic acids is 1. The number of rotatable bonds is 5. The third-order valence-electron chi connectivity index (χ3n) is 3.13. The zero-order valence-corrected chi connectivity index (χ0v) is 11.0. The summed E-state index contributed by atoms with van der Waals surface area (Å²) in [5, 5.41) is 38.5. The van der Waals surface area contributed by atoms with E-state index < -0.39 is 24.3 Å². The molecule has 4 N–H and O–H groups in total. The summed E-state index contributed by atoms with van der Waals surface area (Å²) in [4.78, 5) is 11.3. The predicted molar refractivity (Wildman–Crippen MR) is 69.1 cm³/mol. The van der Waals surface area contributed by atoms with Crippen LogP contribution in [0.4, 0.5) is 0 Å². The van der Waals surface area contributed by atoms with Crippen molar-refractivity contribution < 1.29 is 29.8 Å². The molecule has 0 heterocycles. The molecule has 0 aliphatic rings. The summed E-state index contributed by atoms with van der Waals surface area (Å²) in [6.07, 6.45) is 0. The van der Waals surface area contributed by atoms with Crippen LogP contribution in [0.25, 0.3) is 0 Å². The number of carboxylic acids is 1. The lowest BCUT2D eigenvalue weighted by Crippen LogP contribution is -2.59. The normalized spacial score (nSPS) is 14.8. The number of hydrogen-bond donors (Lipinski definition) is 4. The van der Waals surface area contributed by atoms with Crippen LogP contribution in [-0.2, 0) is 9.45 Å². The molecule has 1 unspecified atom stereocenters. The second-order valence-electron chi connectivity index (χ2n) is 4.93. The lowest BCUT2D eigenvalue weighted by atomic mass is 9.75. The first-order valence-electron chi connectivity index (χ1n) is 5.69. The minimum Gasteiger partial charge on any atom is -0.508 e. The molecule has 1 atom stereocenters. The van der Waals surface area contributed by atoms with E-state index in [1.807, 2.05) is 0 Å². The van der Waals surface area contributed by atoms with Gasteiger partial charge in [-0.25, -0.2) is 4.79 Å². The van der Waals surface area contributed by atoms with E-state index in [2.05, 4.69) is 0 Å². The summed E-state index contributed by atoms with van der Waals surface area (Å²) in [6.45, 7) is 3.68. The van der Waals surface area contributed by atoms with Crippen LogP contribution in [0.15, 0.2) is 24.3 Å². The minimum atomic E-state index is -2.03. The Morgan fingerprint density at radius 3 is 2.21 bits per heavy atom. The van der Waals surface area contributed by atoms with Gasteiger partial charge >= 0.3 is 13.1 Å². The van der Waals surface area contributed by atoms with Gasteiger partial charge in [-0.2, -0.15) is 0 Å². The summed E-state index contributed by atoms with van der Waals surface area (Å²) >= 11 is 0. The summed E-state index contributed by atoms with van der Waals surface area (Å²) in [6, 6.07) is 5.85. The van der Waals surface area contributed by atoms with Crippen LogP contribution >= 0.6 is 0 Å². The highest BCUT2D eigenvalue weighted by molar-refractivity contribution is 6.61. The topological polar surface area (TPSA) is 107 Å². The third-order valence-corrected chi connectivity index (χ3v) is 3.13. The van der Waals surface area contributed by atoms with E-state index in [4.69, 9.17) is 4.65 Å². The van der Waals surface area contributed by atoms with Crippen LogP contribution in [0.2, 0.25) is 0 Å². The van der Waals surface area contributed by atoms with E-state index in [1.165, 1.54) is 26.0 Å². The molecule has 0 fully saturated rings. The van der Waals surface area contributed by atoms with E-state index in [0.717, 1.165) is 6.92 Å². The van der Waals surface area contributed by atoms with Crippen molar-refractivity contribution in [2.24, 2.45) is 0 Å². The molecule has 0 saturated heterocycles. The van der Waals surface area contributed by atoms with Crippen molar-refractivity contribution in [1.29, 1.82) is 0 Å². The van der Waals surface area contributed by atoms with Gasteiger partial charge < -0.3 is 25.0 Å². The van der Waals surface area contributed by atoms with Gasteiger partial charge in [0.25, 0.3) is 0 Å². The first-order valence-corrected chi connectivity index (χ1v) is 5.69. The summed E-state index contributed by atoms with van der Waals surface area (Å²) in [5.74, 6) is -1.65. The molecule has 0 spiro atoms. The molecule has 0 bridgehead atoms. The number of phenolic OH excluding ortho intramolecular Hbond substituents is 1. The van der Waals surface area contributed by atoms with E-state index in [0.29, 0.717) is 0 Å². The Bertz CT molecular complexity index is 470. The van der Waals surface area contributed by atoms with Gasteiger partial charge in [0.15, 0.2) is 5.60 Å². The zero-order chi connectivity index (χ0) is 14.8. The number of carboxylic acid groups (broad SMARTS) is 1. The van der Waals surface area contributed by atoms with Crippen LogP contribution in [0.1, 0.15) is 20.8 Å². The monoisotopic (exact) mass is 268 g/mol. The van der Waals surface area contributed by atoms with Crippen molar-refractivity contribution >= 4 is 18.6 Å². The van der Waals surface area contributed by atoms with Crippen LogP contribution in [0, 0.1) is 0 Å². The van der Waals surface area contributed by atoms with Gasteiger partial charge in [-0.15, -0.1) is 0 Å². The molecule has 19 heavy (non-hydrogen) atoms. The number of hydrogen-bond acceptors (Lipinski definition) is 5. The molecule has 0 radical (unpaired) electrons. The van der Waals surface area contributed by atoms with Crippen molar-refractivity contribution in [2.45, 2.75) is 32.0 Å². The Balaban J connectivity index is 3.06. The fourth-order valence-corrected chi connectivity index (χ4v) is 1.44. The third kappa shape index (κ3) is 3.06. The summed E-state index contributed by atoms with van der Waals surface area (Å²) < 4.78 is 5.08. The van der Waals surface area contributed by atoms with E-state index in [9.17, 15) is 25.1 Å². The number of para-hydroxylation sites is 1. The second-order valence-corrected chi connectivity index (χ2v) is 4.93. The molecule has 0 aromatic heterocycles. The van der Waals surface area contributed by atoms with Crippen molar-refractivity contribution in [2.75, 3.05) is 0 Å². The Labute approximate surface area is 111 Å². The molecule has 1 aromatic carbocycles. The number of carbonyl (C=O) groups is 1. The first kappa shape index (κ1) is 15.5. The Morgan fingerprint density at radius 1 is 1.26 bits per heavy atom. The molecule has 0 amide bonds. The molecule has 1 aromatic rings. The Kier molecular flexibility index (Phi) is 4.24. The molecule has 104 valence electrons. The predicted octanol–water partition coefficient (Wildman–Crippen LogP) is -0.290. The van der Waals surface area contributed by atoms with Crippen LogP contribution in [0.3, 0.4) is 0 Å². The van der Waals surface area contributed by atoms with Crippen molar-refractivity contribution in [3.63, 3.8) is 0 Å². The minimum absolute atomic E-state index is 0.0271. The number of phenols is 1. The highest BCUT2D eigenvalue weighted by atomic mass is 16.6. The lowest BCUT2D eigenvalue weighted by molar-refractivity contribution is -0.177. The molecule has 1 rings (SSSR count). The number of benzene rings is 1. The average Bonchev–Trinajstić information content (AvgIpc) is 2.27. The molecule has 0 aliphatic carbocycles. The van der Waals surface area contributed by atoms with Crippen molar-refractivity contribution in [3.05, 3.63) is 24.3 Å². The largest absolute Gasteiger partial charge is 0.508 e. The summed E-state index contributed by atoms with van der Waals surface area (Å²) in [5.41, 5.74) is -3.74. The van der Waals surface area contributed by atoms with Crippen LogP contribution < -0.4 is 5.46 Å². The highest BCUT2D eigenvalue weighted by Crippen LogP contribution is 2.27. The number of aliphatic hydroxyl groups is 1. The van der Waals surface area contributed by atoms with Gasteiger partial charge in [0.05, 0.1) is 5.60 Å². The zero-order valence-electron chi connectivity index (χ0n) is 11.0. The fourth-order valence-electron chi connectivity index (χ4n) is 1.44. The number of aromatic hydroxyl groups is 1. The fraction of sp³-hybridized carbons (Fsp3) is 0.417. The first-order chi connectivity index (χ1) is 8.59. The maximum absolute atomic E-state index is 11.3. The van der Waals surface area contributed by atoms with Gasteiger partial charge in [0, 0.05) is 5.46 Å². The van der Waals surface area contributed by atoms with Gasteiger partial charge in [-0.3, -0.25) is 0 Å². The molecular formula is C12H17BO6. The smallest absolute Gasteiger partial charge is 0.495 e. The van der Waals surface area contributed by atoms with E-state index in [-0.39, 0.29) is 11.2 Å². The molecule has 6 nitrogen and oxygen atoms in total. The van der Waals surface area contributed by atoms with E-state index in [1.54, 1.807) is 12.1 Å². The van der Waals surface area contributed by atoms with E-state index >= 15 is 0 Å². The van der Waals surface area contributed by atoms with Gasteiger partial charge in [0.1, 0.15) is 5.75 Å².